The van der Waals surface area contributed by atoms with Crippen molar-refractivity contribution in [2.75, 3.05) is 5.32 Å². The van der Waals surface area contributed by atoms with E-state index in [0.717, 1.165) is 6.07 Å². The molecule has 0 bridgehead atoms. The van der Waals surface area contributed by atoms with Crippen LogP contribution in [0.15, 0.2) is 18.2 Å². The minimum Gasteiger partial charge on any atom is -0.356 e. The number of anilines is 1. The molecule has 0 saturated heterocycles. The maximum Gasteiger partial charge on any atom is 0.433 e. The predicted molar refractivity (Wildman–Crippen MR) is 55.8 cm³/mol. The zero-order chi connectivity index (χ0) is 12.2. The Morgan fingerprint density at radius 2 is 2.19 bits per heavy atom. The average molecular weight is 228 g/mol. The molecule has 0 radical (unpaired) electrons. The second-order valence-corrected chi connectivity index (χ2v) is 3.18. The van der Waals surface area contributed by atoms with E-state index in [-0.39, 0.29) is 11.9 Å². The number of hydrogen-bond donors (Lipinski definition) is 1. The minimum absolute atomic E-state index is 0.139. The van der Waals surface area contributed by atoms with Crippen molar-refractivity contribution in [2.45, 2.75) is 25.6 Å². The van der Waals surface area contributed by atoms with Gasteiger partial charge in [0.05, 0.1) is 6.04 Å². The molecular weight excluding hydrogens is 217 g/mol. The van der Waals surface area contributed by atoms with Gasteiger partial charge in [-0.25, -0.2) is 4.98 Å². The molecule has 0 saturated carbocycles. The van der Waals surface area contributed by atoms with Gasteiger partial charge in [-0.05, 0) is 18.6 Å². The topological polar surface area (TPSA) is 24.9 Å². The van der Waals surface area contributed by atoms with Crippen molar-refractivity contribution < 1.29 is 13.2 Å². The van der Waals surface area contributed by atoms with Gasteiger partial charge in [-0.2, -0.15) is 13.2 Å². The van der Waals surface area contributed by atoms with Crippen molar-refractivity contribution in [2.24, 2.45) is 0 Å². The summed E-state index contributed by atoms with van der Waals surface area (Å²) < 4.78 is 37.0. The number of alkyl halides is 3. The fourth-order valence-electron chi connectivity index (χ4n) is 1.11. The van der Waals surface area contributed by atoms with Crippen LogP contribution in [0, 0.1) is 12.3 Å². The lowest BCUT2D eigenvalue weighted by molar-refractivity contribution is -0.141. The van der Waals surface area contributed by atoms with Crippen LogP contribution in [0.3, 0.4) is 0 Å². The number of nitrogens with one attached hydrogen (secondary N) is 1. The molecule has 1 aromatic rings. The number of halogens is 3. The van der Waals surface area contributed by atoms with Gasteiger partial charge in [0.25, 0.3) is 0 Å². The van der Waals surface area contributed by atoms with Crippen LogP contribution in [-0.4, -0.2) is 11.0 Å². The van der Waals surface area contributed by atoms with Crippen LogP contribution in [0.5, 0.6) is 0 Å². The first kappa shape index (κ1) is 12.4. The van der Waals surface area contributed by atoms with E-state index >= 15 is 0 Å². The maximum atomic E-state index is 12.3. The summed E-state index contributed by atoms with van der Waals surface area (Å²) in [7, 11) is 0. The van der Waals surface area contributed by atoms with Crippen molar-refractivity contribution in [3.63, 3.8) is 0 Å². The highest BCUT2D eigenvalue weighted by atomic mass is 19.4. The maximum absolute atomic E-state index is 12.3. The largest absolute Gasteiger partial charge is 0.433 e. The van der Waals surface area contributed by atoms with Gasteiger partial charge in [0.2, 0.25) is 0 Å². The highest BCUT2D eigenvalue weighted by Crippen LogP contribution is 2.28. The summed E-state index contributed by atoms with van der Waals surface area (Å²) in [5.41, 5.74) is -0.927. The Balaban J connectivity index is 2.88. The molecule has 5 heteroatoms. The lowest BCUT2D eigenvalue weighted by Crippen LogP contribution is -2.18. The number of pyridine rings is 1. The van der Waals surface area contributed by atoms with Gasteiger partial charge in [-0.3, -0.25) is 0 Å². The molecular formula is C11H11F3N2. The second kappa shape index (κ2) is 4.88. The monoisotopic (exact) mass is 228 g/mol. The van der Waals surface area contributed by atoms with Crippen LogP contribution in [-0.2, 0) is 6.18 Å². The van der Waals surface area contributed by atoms with E-state index in [0.29, 0.717) is 6.42 Å². The summed E-state index contributed by atoms with van der Waals surface area (Å²) >= 11 is 0. The Hall–Kier alpha value is -1.70. The van der Waals surface area contributed by atoms with E-state index in [1.54, 1.807) is 0 Å². The van der Waals surface area contributed by atoms with E-state index in [9.17, 15) is 13.2 Å². The molecule has 2 nitrogen and oxygen atoms in total. The quantitative estimate of drug-likeness (QED) is 0.804. The van der Waals surface area contributed by atoms with Gasteiger partial charge in [-0.15, -0.1) is 6.42 Å². The zero-order valence-electron chi connectivity index (χ0n) is 8.67. The zero-order valence-corrected chi connectivity index (χ0v) is 8.67. The summed E-state index contributed by atoms with van der Waals surface area (Å²) in [6.07, 6.45) is 1.38. The molecule has 16 heavy (non-hydrogen) atoms. The first-order valence-electron chi connectivity index (χ1n) is 4.74. The second-order valence-electron chi connectivity index (χ2n) is 3.18. The van der Waals surface area contributed by atoms with Crippen molar-refractivity contribution in [3.8, 4) is 12.3 Å². The number of nitrogens with zero attached hydrogens (tertiary/aromatic N) is 1. The normalized spacial score (nSPS) is 12.9. The molecule has 0 aliphatic carbocycles. The highest BCUT2D eigenvalue weighted by molar-refractivity contribution is 5.39. The van der Waals surface area contributed by atoms with Crippen LogP contribution in [0.2, 0.25) is 0 Å². The molecule has 1 unspecified atom stereocenters. The number of rotatable bonds is 3. The Labute approximate surface area is 91.9 Å². The molecule has 0 aliphatic rings. The van der Waals surface area contributed by atoms with Crippen molar-refractivity contribution >= 4 is 5.82 Å². The van der Waals surface area contributed by atoms with Gasteiger partial charge < -0.3 is 5.32 Å². The van der Waals surface area contributed by atoms with Crippen LogP contribution >= 0.6 is 0 Å². The minimum atomic E-state index is -4.43. The fourth-order valence-corrected chi connectivity index (χ4v) is 1.11. The first-order valence-corrected chi connectivity index (χ1v) is 4.74. The molecule has 1 N–H and O–H groups in total. The molecule has 0 spiro atoms. The van der Waals surface area contributed by atoms with Crippen molar-refractivity contribution in [1.29, 1.82) is 0 Å². The van der Waals surface area contributed by atoms with Crippen LogP contribution < -0.4 is 5.32 Å². The number of hydrogen-bond acceptors (Lipinski definition) is 2. The Morgan fingerprint density at radius 1 is 1.50 bits per heavy atom. The lowest BCUT2D eigenvalue weighted by atomic mass is 10.2. The van der Waals surface area contributed by atoms with Gasteiger partial charge in [0, 0.05) is 0 Å². The highest BCUT2D eigenvalue weighted by Gasteiger charge is 2.32. The van der Waals surface area contributed by atoms with Crippen molar-refractivity contribution in [3.05, 3.63) is 23.9 Å². The Morgan fingerprint density at radius 3 is 2.69 bits per heavy atom. The van der Waals surface area contributed by atoms with E-state index in [2.05, 4.69) is 16.2 Å². The summed E-state index contributed by atoms with van der Waals surface area (Å²) in [5.74, 6) is 2.56. The molecule has 0 amide bonds. The molecule has 0 aromatic carbocycles. The third-order valence-electron chi connectivity index (χ3n) is 1.97. The number of aromatic nitrogens is 1. The van der Waals surface area contributed by atoms with E-state index < -0.39 is 11.9 Å². The molecule has 1 aromatic heterocycles. The molecule has 0 aliphatic heterocycles. The summed E-state index contributed by atoms with van der Waals surface area (Å²) in [6, 6.07) is 3.36. The van der Waals surface area contributed by atoms with E-state index in [1.807, 2.05) is 6.92 Å². The van der Waals surface area contributed by atoms with E-state index in [1.165, 1.54) is 12.1 Å². The van der Waals surface area contributed by atoms with E-state index in [4.69, 9.17) is 6.42 Å². The molecule has 0 fully saturated rings. The van der Waals surface area contributed by atoms with Gasteiger partial charge in [0.15, 0.2) is 0 Å². The predicted octanol–water partition coefficient (Wildman–Crippen LogP) is 2.92. The lowest BCUT2D eigenvalue weighted by Gasteiger charge is -2.13. The Bertz CT molecular complexity index is 393. The molecule has 86 valence electrons. The first-order chi connectivity index (χ1) is 7.47. The van der Waals surface area contributed by atoms with Crippen molar-refractivity contribution in [1.82, 2.24) is 4.98 Å². The summed E-state index contributed by atoms with van der Waals surface area (Å²) in [6.45, 7) is 1.84. The molecule has 1 heterocycles. The third kappa shape index (κ3) is 3.16. The van der Waals surface area contributed by atoms with Gasteiger partial charge >= 0.3 is 6.18 Å². The number of terminal acetylenes is 1. The fraction of sp³-hybridized carbons (Fsp3) is 0.364. The molecule has 1 atom stereocenters. The van der Waals surface area contributed by atoms with Crippen LogP contribution in [0.1, 0.15) is 19.0 Å². The summed E-state index contributed by atoms with van der Waals surface area (Å²) in [4.78, 5) is 3.45. The SMILES string of the molecule is C#CC(CC)Nc1cccc(C(F)(F)F)n1. The van der Waals surface area contributed by atoms with Gasteiger partial charge in [-0.1, -0.05) is 18.9 Å². The summed E-state index contributed by atoms with van der Waals surface area (Å²) in [5, 5.41) is 2.74. The average Bonchev–Trinajstić information content (AvgIpc) is 2.25. The smallest absolute Gasteiger partial charge is 0.356 e. The van der Waals surface area contributed by atoms with Crippen LogP contribution in [0.4, 0.5) is 19.0 Å². The standard InChI is InChI=1S/C11H11F3N2/c1-3-8(4-2)15-10-7-5-6-9(16-10)11(12,13)14/h1,5-8H,4H2,2H3,(H,15,16). The van der Waals surface area contributed by atoms with Gasteiger partial charge in [0.1, 0.15) is 11.5 Å². The van der Waals surface area contributed by atoms with Crippen LogP contribution in [0.25, 0.3) is 0 Å². The third-order valence-corrected chi connectivity index (χ3v) is 1.97. The Kier molecular flexibility index (Phi) is 3.78. The molecule has 1 rings (SSSR count).